The molecule has 6 heteroatoms. The van der Waals surface area contributed by atoms with E-state index in [-0.39, 0.29) is 0 Å². The van der Waals surface area contributed by atoms with Gasteiger partial charge in [0, 0.05) is 25.4 Å². The zero-order valence-electron chi connectivity index (χ0n) is 11.3. The molecule has 2 aromatic heterocycles. The van der Waals surface area contributed by atoms with Gasteiger partial charge in [0.1, 0.15) is 0 Å². The summed E-state index contributed by atoms with van der Waals surface area (Å²) in [6, 6.07) is 2.27. The van der Waals surface area contributed by atoms with Gasteiger partial charge >= 0.3 is 0 Å². The fourth-order valence-corrected chi connectivity index (χ4v) is 1.82. The molecular formula is C12H20N6. The van der Waals surface area contributed by atoms with Crippen molar-refractivity contribution >= 4 is 17.3 Å². The number of aromatic nitrogens is 4. The monoisotopic (exact) mass is 248 g/mol. The van der Waals surface area contributed by atoms with Gasteiger partial charge in [0.25, 0.3) is 0 Å². The van der Waals surface area contributed by atoms with E-state index in [1.54, 1.807) is 4.68 Å². The third-order valence-corrected chi connectivity index (χ3v) is 2.88. The average molecular weight is 248 g/mol. The van der Waals surface area contributed by atoms with E-state index in [0.717, 1.165) is 23.8 Å². The zero-order chi connectivity index (χ0) is 13.3. The molecule has 18 heavy (non-hydrogen) atoms. The summed E-state index contributed by atoms with van der Waals surface area (Å²) in [6.45, 7) is 6.21. The summed E-state index contributed by atoms with van der Waals surface area (Å²) in [5.74, 6) is 1.57. The van der Waals surface area contributed by atoms with Crippen LogP contribution in [-0.2, 0) is 13.5 Å². The predicted octanol–water partition coefficient (Wildman–Crippen LogP) is 2.09. The van der Waals surface area contributed by atoms with Crippen LogP contribution >= 0.6 is 0 Å². The van der Waals surface area contributed by atoms with Gasteiger partial charge in [-0.2, -0.15) is 10.2 Å². The number of nitrogens with zero attached hydrogens (tertiary/aromatic N) is 4. The second-order valence-electron chi connectivity index (χ2n) is 4.59. The molecule has 0 bridgehead atoms. The van der Waals surface area contributed by atoms with Gasteiger partial charge in [0.05, 0.1) is 11.4 Å². The molecule has 0 spiro atoms. The highest BCUT2D eigenvalue weighted by Crippen LogP contribution is 2.25. The Morgan fingerprint density at radius 2 is 2.11 bits per heavy atom. The van der Waals surface area contributed by atoms with Crippen molar-refractivity contribution in [3.8, 4) is 0 Å². The summed E-state index contributed by atoms with van der Waals surface area (Å²) in [5, 5.41) is 12.0. The largest absolute Gasteiger partial charge is 0.394 e. The van der Waals surface area contributed by atoms with E-state index in [4.69, 9.17) is 5.73 Å². The Morgan fingerprint density at radius 1 is 1.39 bits per heavy atom. The summed E-state index contributed by atoms with van der Waals surface area (Å²) in [4.78, 5) is 0. The maximum Gasteiger partial charge on any atom is 0.153 e. The SMILES string of the molecule is CCc1nn(C)c(Nc2ccn(C(C)C)n2)c1N. The zero-order valence-corrected chi connectivity index (χ0v) is 11.3. The Kier molecular flexibility index (Phi) is 3.27. The Hall–Kier alpha value is -1.98. The molecule has 3 N–H and O–H groups in total. The molecule has 2 aromatic rings. The molecule has 0 radical (unpaired) electrons. The van der Waals surface area contributed by atoms with Gasteiger partial charge in [0.2, 0.25) is 0 Å². The fraction of sp³-hybridized carbons (Fsp3) is 0.500. The van der Waals surface area contributed by atoms with Crippen molar-refractivity contribution in [2.24, 2.45) is 7.05 Å². The molecule has 6 nitrogen and oxygen atoms in total. The average Bonchev–Trinajstić information content (AvgIpc) is 2.89. The summed E-state index contributed by atoms with van der Waals surface area (Å²) in [5.41, 5.74) is 7.65. The van der Waals surface area contributed by atoms with Crippen LogP contribution in [0.4, 0.5) is 17.3 Å². The van der Waals surface area contributed by atoms with Crippen LogP contribution in [-0.4, -0.2) is 19.6 Å². The number of nitrogens with one attached hydrogen (secondary N) is 1. The Bertz CT molecular complexity index is 537. The van der Waals surface area contributed by atoms with E-state index in [1.165, 1.54) is 0 Å². The topological polar surface area (TPSA) is 73.7 Å². The van der Waals surface area contributed by atoms with Crippen molar-refractivity contribution in [1.82, 2.24) is 19.6 Å². The maximum absolute atomic E-state index is 6.05. The molecule has 2 rings (SSSR count). The quantitative estimate of drug-likeness (QED) is 0.868. The van der Waals surface area contributed by atoms with Crippen LogP contribution in [0.2, 0.25) is 0 Å². The molecule has 0 aromatic carbocycles. The van der Waals surface area contributed by atoms with Crippen molar-refractivity contribution in [3.63, 3.8) is 0 Å². The Morgan fingerprint density at radius 3 is 2.61 bits per heavy atom. The number of hydrogen-bond acceptors (Lipinski definition) is 4. The van der Waals surface area contributed by atoms with Crippen LogP contribution < -0.4 is 11.1 Å². The van der Waals surface area contributed by atoms with Gasteiger partial charge in [-0.1, -0.05) is 6.92 Å². The smallest absolute Gasteiger partial charge is 0.153 e. The predicted molar refractivity (Wildman–Crippen MR) is 72.9 cm³/mol. The number of hydrogen-bond donors (Lipinski definition) is 2. The normalized spacial score (nSPS) is 11.2. The van der Waals surface area contributed by atoms with Crippen molar-refractivity contribution < 1.29 is 0 Å². The Labute approximate surface area is 107 Å². The van der Waals surface area contributed by atoms with Gasteiger partial charge in [-0.3, -0.25) is 9.36 Å². The minimum Gasteiger partial charge on any atom is -0.394 e. The lowest BCUT2D eigenvalue weighted by atomic mass is 10.3. The highest BCUT2D eigenvalue weighted by Gasteiger charge is 2.13. The van der Waals surface area contributed by atoms with Crippen LogP contribution in [0.5, 0.6) is 0 Å². The minimum atomic E-state index is 0.343. The van der Waals surface area contributed by atoms with E-state index in [9.17, 15) is 0 Å². The van der Waals surface area contributed by atoms with E-state index < -0.39 is 0 Å². The lowest BCUT2D eigenvalue weighted by Gasteiger charge is -2.06. The van der Waals surface area contributed by atoms with Crippen LogP contribution in [0, 0.1) is 0 Å². The highest BCUT2D eigenvalue weighted by molar-refractivity contribution is 5.69. The lowest BCUT2D eigenvalue weighted by Crippen LogP contribution is -2.04. The van der Waals surface area contributed by atoms with E-state index in [0.29, 0.717) is 11.7 Å². The third-order valence-electron chi connectivity index (χ3n) is 2.88. The highest BCUT2D eigenvalue weighted by atomic mass is 15.4. The van der Waals surface area contributed by atoms with Crippen molar-refractivity contribution in [1.29, 1.82) is 0 Å². The van der Waals surface area contributed by atoms with Crippen LogP contribution in [0.15, 0.2) is 12.3 Å². The number of anilines is 3. The first-order chi connectivity index (χ1) is 8.52. The molecule has 0 unspecified atom stereocenters. The van der Waals surface area contributed by atoms with Gasteiger partial charge in [0.15, 0.2) is 11.6 Å². The van der Waals surface area contributed by atoms with Gasteiger partial charge in [-0.15, -0.1) is 0 Å². The fourth-order valence-electron chi connectivity index (χ4n) is 1.82. The van der Waals surface area contributed by atoms with E-state index >= 15 is 0 Å². The standard InChI is InChI=1S/C12H20N6/c1-5-9-11(13)12(17(4)15-9)14-10-6-7-18(16-10)8(2)3/h6-8H,5,13H2,1-4H3,(H,14,16). The molecule has 0 saturated carbocycles. The van der Waals surface area contributed by atoms with Crippen molar-refractivity contribution in [2.45, 2.75) is 33.2 Å². The van der Waals surface area contributed by atoms with Crippen molar-refractivity contribution in [2.75, 3.05) is 11.1 Å². The Balaban J connectivity index is 2.25. The molecule has 2 heterocycles. The number of nitrogen functional groups attached to an aromatic ring is 1. The summed E-state index contributed by atoms with van der Waals surface area (Å²) < 4.78 is 3.65. The molecule has 0 saturated heterocycles. The van der Waals surface area contributed by atoms with Crippen LogP contribution in [0.1, 0.15) is 32.5 Å². The van der Waals surface area contributed by atoms with E-state index in [1.807, 2.05) is 30.9 Å². The molecule has 0 aliphatic carbocycles. The summed E-state index contributed by atoms with van der Waals surface area (Å²) in [7, 11) is 1.87. The van der Waals surface area contributed by atoms with Crippen LogP contribution in [0.3, 0.4) is 0 Å². The second kappa shape index (κ2) is 4.72. The number of aryl methyl sites for hydroxylation is 2. The molecule has 0 amide bonds. The van der Waals surface area contributed by atoms with Crippen LogP contribution in [0.25, 0.3) is 0 Å². The lowest BCUT2D eigenvalue weighted by molar-refractivity contribution is 0.534. The number of rotatable bonds is 4. The van der Waals surface area contributed by atoms with E-state index in [2.05, 4.69) is 29.4 Å². The summed E-state index contributed by atoms with van der Waals surface area (Å²) in [6.07, 6.45) is 2.77. The summed E-state index contributed by atoms with van der Waals surface area (Å²) >= 11 is 0. The molecule has 0 aliphatic heterocycles. The first kappa shape index (κ1) is 12.5. The minimum absolute atomic E-state index is 0.343. The first-order valence-corrected chi connectivity index (χ1v) is 6.16. The second-order valence-corrected chi connectivity index (χ2v) is 4.59. The van der Waals surface area contributed by atoms with Gasteiger partial charge < -0.3 is 11.1 Å². The third kappa shape index (κ3) is 2.18. The maximum atomic E-state index is 6.05. The molecule has 0 atom stereocenters. The molecule has 0 aliphatic rings. The van der Waals surface area contributed by atoms with Crippen molar-refractivity contribution in [3.05, 3.63) is 18.0 Å². The molecular weight excluding hydrogens is 228 g/mol. The molecule has 0 fully saturated rings. The first-order valence-electron chi connectivity index (χ1n) is 6.16. The van der Waals surface area contributed by atoms with Gasteiger partial charge in [-0.25, -0.2) is 0 Å². The van der Waals surface area contributed by atoms with Gasteiger partial charge in [-0.05, 0) is 20.3 Å². The molecule has 98 valence electrons. The number of nitrogens with two attached hydrogens (primary N) is 1.